The van der Waals surface area contributed by atoms with Gasteiger partial charge in [0.15, 0.2) is 0 Å². The van der Waals surface area contributed by atoms with Crippen molar-refractivity contribution in [3.05, 3.63) is 0 Å². The Morgan fingerprint density at radius 1 is 1.40 bits per heavy atom. The molecule has 6 nitrogen and oxygen atoms in total. The number of carbonyl (C=O) groups is 2. The van der Waals surface area contributed by atoms with Gasteiger partial charge >= 0.3 is 12.0 Å². The van der Waals surface area contributed by atoms with Crippen molar-refractivity contribution in [1.82, 2.24) is 10.2 Å². The minimum atomic E-state index is -0.742. The van der Waals surface area contributed by atoms with Crippen LogP contribution in [-0.2, 0) is 9.53 Å². The molecule has 0 aromatic carbocycles. The molecule has 0 radical (unpaired) electrons. The maximum Gasteiger partial charge on any atom is 0.317 e. The molecule has 1 heterocycles. The number of rotatable bonds is 6. The first-order chi connectivity index (χ1) is 9.45. The summed E-state index contributed by atoms with van der Waals surface area (Å²) in [7, 11) is 1.64. The maximum atomic E-state index is 12.0. The van der Waals surface area contributed by atoms with Crippen molar-refractivity contribution >= 4 is 12.0 Å². The van der Waals surface area contributed by atoms with Crippen molar-refractivity contribution in [2.75, 3.05) is 33.4 Å². The Kier molecular flexibility index (Phi) is 6.26. The molecular weight excluding hydrogens is 260 g/mol. The van der Waals surface area contributed by atoms with Gasteiger partial charge in [-0.25, -0.2) is 4.79 Å². The number of urea groups is 1. The summed E-state index contributed by atoms with van der Waals surface area (Å²) in [5.74, 6) is -0.476. The normalized spacial score (nSPS) is 19.4. The standard InChI is InChI=1S/C14H26N2O4/c1-4-14(12(17)18)5-7-16(8-6-14)13(19)15-9-11(2)10-20-3/h11H,4-10H2,1-3H3,(H,15,19)(H,17,18). The van der Waals surface area contributed by atoms with E-state index in [1.807, 2.05) is 13.8 Å². The zero-order valence-corrected chi connectivity index (χ0v) is 12.6. The number of nitrogens with zero attached hydrogens (tertiary/aromatic N) is 1. The fraction of sp³-hybridized carbons (Fsp3) is 0.857. The maximum absolute atomic E-state index is 12.0. The zero-order valence-electron chi connectivity index (χ0n) is 12.6. The van der Waals surface area contributed by atoms with Crippen LogP contribution in [0.2, 0.25) is 0 Å². The number of ether oxygens (including phenoxy) is 1. The molecule has 0 spiro atoms. The van der Waals surface area contributed by atoms with E-state index in [2.05, 4.69) is 5.32 Å². The number of carboxylic acid groups (broad SMARTS) is 1. The third-order valence-corrected chi connectivity index (χ3v) is 4.19. The van der Waals surface area contributed by atoms with Crippen LogP contribution >= 0.6 is 0 Å². The smallest absolute Gasteiger partial charge is 0.317 e. The molecule has 1 rings (SSSR count). The number of methoxy groups -OCH3 is 1. The quantitative estimate of drug-likeness (QED) is 0.776. The van der Waals surface area contributed by atoms with E-state index in [1.54, 1.807) is 12.0 Å². The number of likely N-dealkylation sites (tertiary alicyclic amines) is 1. The predicted octanol–water partition coefficient (Wildman–Crippen LogP) is 1.56. The molecule has 1 aliphatic heterocycles. The Balaban J connectivity index is 2.41. The summed E-state index contributed by atoms with van der Waals surface area (Å²) in [6.07, 6.45) is 1.67. The van der Waals surface area contributed by atoms with Crippen LogP contribution in [0.25, 0.3) is 0 Å². The average Bonchev–Trinajstić information content (AvgIpc) is 2.45. The van der Waals surface area contributed by atoms with Gasteiger partial charge in [-0.1, -0.05) is 13.8 Å². The minimum Gasteiger partial charge on any atom is -0.481 e. The molecule has 0 saturated carbocycles. The molecule has 20 heavy (non-hydrogen) atoms. The van der Waals surface area contributed by atoms with Crippen molar-refractivity contribution in [3.63, 3.8) is 0 Å². The molecule has 1 aliphatic rings. The Morgan fingerprint density at radius 3 is 2.45 bits per heavy atom. The van der Waals surface area contributed by atoms with E-state index in [0.717, 1.165) is 0 Å². The van der Waals surface area contributed by atoms with Crippen molar-refractivity contribution < 1.29 is 19.4 Å². The molecule has 0 aromatic heterocycles. The fourth-order valence-corrected chi connectivity index (χ4v) is 2.57. The molecule has 0 bridgehead atoms. The highest BCUT2D eigenvalue weighted by molar-refractivity contribution is 5.77. The second-order valence-corrected chi connectivity index (χ2v) is 5.67. The van der Waals surface area contributed by atoms with E-state index in [9.17, 15) is 14.7 Å². The zero-order chi connectivity index (χ0) is 15.2. The summed E-state index contributed by atoms with van der Waals surface area (Å²) >= 11 is 0. The number of amides is 2. The summed E-state index contributed by atoms with van der Waals surface area (Å²) < 4.78 is 5.02. The summed E-state index contributed by atoms with van der Waals surface area (Å²) in [5, 5.41) is 12.2. The first-order valence-electron chi connectivity index (χ1n) is 7.20. The molecule has 6 heteroatoms. The molecule has 1 atom stereocenters. The third-order valence-electron chi connectivity index (χ3n) is 4.19. The summed E-state index contributed by atoms with van der Waals surface area (Å²) in [5.41, 5.74) is -0.653. The van der Waals surface area contributed by atoms with Gasteiger partial charge in [-0.3, -0.25) is 4.79 Å². The van der Waals surface area contributed by atoms with E-state index < -0.39 is 11.4 Å². The Labute approximate surface area is 120 Å². The minimum absolute atomic E-state index is 0.108. The lowest BCUT2D eigenvalue weighted by atomic mass is 9.76. The molecule has 2 amide bonds. The lowest BCUT2D eigenvalue weighted by molar-refractivity contribution is -0.151. The molecule has 0 aliphatic carbocycles. The number of hydrogen-bond acceptors (Lipinski definition) is 3. The van der Waals surface area contributed by atoms with Gasteiger partial charge < -0.3 is 20.1 Å². The van der Waals surface area contributed by atoms with E-state index in [-0.39, 0.29) is 11.9 Å². The van der Waals surface area contributed by atoms with Crippen LogP contribution in [-0.4, -0.2) is 55.4 Å². The van der Waals surface area contributed by atoms with Crippen LogP contribution in [0.15, 0.2) is 0 Å². The second kappa shape index (κ2) is 7.47. The van der Waals surface area contributed by atoms with Crippen LogP contribution in [0, 0.1) is 11.3 Å². The number of piperidine rings is 1. The topological polar surface area (TPSA) is 78.9 Å². The van der Waals surface area contributed by atoms with Gasteiger partial charge in [0.25, 0.3) is 0 Å². The highest BCUT2D eigenvalue weighted by Gasteiger charge is 2.40. The molecule has 1 unspecified atom stereocenters. The molecule has 0 aromatic rings. The molecule has 1 fully saturated rings. The Bertz CT molecular complexity index is 338. The van der Waals surface area contributed by atoms with Crippen molar-refractivity contribution in [2.45, 2.75) is 33.1 Å². The van der Waals surface area contributed by atoms with E-state index >= 15 is 0 Å². The van der Waals surface area contributed by atoms with Crippen molar-refractivity contribution in [2.24, 2.45) is 11.3 Å². The molecule has 1 saturated heterocycles. The fourth-order valence-electron chi connectivity index (χ4n) is 2.57. The van der Waals surface area contributed by atoms with Gasteiger partial charge in [0.1, 0.15) is 0 Å². The van der Waals surface area contributed by atoms with Crippen LogP contribution < -0.4 is 5.32 Å². The Hall–Kier alpha value is -1.30. The largest absolute Gasteiger partial charge is 0.481 e. The number of carbonyl (C=O) groups excluding carboxylic acids is 1. The first kappa shape index (κ1) is 16.8. The van der Waals surface area contributed by atoms with Crippen LogP contribution in [0.1, 0.15) is 33.1 Å². The Morgan fingerprint density at radius 2 is 2.00 bits per heavy atom. The van der Waals surface area contributed by atoms with Crippen LogP contribution in [0.4, 0.5) is 4.79 Å². The monoisotopic (exact) mass is 286 g/mol. The summed E-state index contributed by atoms with van der Waals surface area (Å²) in [6.45, 7) is 6.09. The van der Waals surface area contributed by atoms with Gasteiger partial charge in [-0.2, -0.15) is 0 Å². The third kappa shape index (κ3) is 4.10. The predicted molar refractivity (Wildman–Crippen MR) is 75.6 cm³/mol. The molecule has 2 N–H and O–H groups in total. The molecular formula is C14H26N2O4. The SMILES string of the molecule is CCC1(C(=O)O)CCN(C(=O)NCC(C)COC)CC1. The number of carboxylic acids is 1. The van der Waals surface area contributed by atoms with Crippen molar-refractivity contribution in [1.29, 1.82) is 0 Å². The highest BCUT2D eigenvalue weighted by atomic mass is 16.5. The summed E-state index contributed by atoms with van der Waals surface area (Å²) in [4.78, 5) is 25.0. The van der Waals surface area contributed by atoms with E-state index in [1.165, 1.54) is 0 Å². The van der Waals surface area contributed by atoms with Crippen LogP contribution in [0.5, 0.6) is 0 Å². The average molecular weight is 286 g/mol. The van der Waals surface area contributed by atoms with E-state index in [0.29, 0.717) is 45.5 Å². The lowest BCUT2D eigenvalue weighted by Gasteiger charge is -2.38. The number of nitrogens with one attached hydrogen (secondary N) is 1. The van der Waals surface area contributed by atoms with Gasteiger partial charge in [-0.05, 0) is 25.2 Å². The number of aliphatic carboxylic acids is 1. The van der Waals surface area contributed by atoms with Crippen LogP contribution in [0.3, 0.4) is 0 Å². The molecule has 116 valence electrons. The van der Waals surface area contributed by atoms with Gasteiger partial charge in [0, 0.05) is 26.7 Å². The van der Waals surface area contributed by atoms with Gasteiger partial charge in [0.2, 0.25) is 0 Å². The van der Waals surface area contributed by atoms with Gasteiger partial charge in [-0.15, -0.1) is 0 Å². The highest BCUT2D eigenvalue weighted by Crippen LogP contribution is 2.35. The summed E-state index contributed by atoms with van der Waals surface area (Å²) in [6, 6.07) is -0.108. The van der Waals surface area contributed by atoms with Crippen molar-refractivity contribution in [3.8, 4) is 0 Å². The first-order valence-corrected chi connectivity index (χ1v) is 7.20. The van der Waals surface area contributed by atoms with Gasteiger partial charge in [0.05, 0.1) is 12.0 Å². The number of hydrogen-bond donors (Lipinski definition) is 2. The lowest BCUT2D eigenvalue weighted by Crippen LogP contribution is -2.50. The van der Waals surface area contributed by atoms with E-state index in [4.69, 9.17) is 4.74 Å². The second-order valence-electron chi connectivity index (χ2n) is 5.67.